The highest BCUT2D eigenvalue weighted by molar-refractivity contribution is 6.10. The van der Waals surface area contributed by atoms with E-state index in [9.17, 15) is 14.4 Å². The summed E-state index contributed by atoms with van der Waals surface area (Å²) in [5, 5.41) is 5.55. The van der Waals surface area contributed by atoms with Gasteiger partial charge in [0.2, 0.25) is 5.91 Å². The molecule has 7 nitrogen and oxygen atoms in total. The van der Waals surface area contributed by atoms with Crippen LogP contribution in [0.3, 0.4) is 0 Å². The van der Waals surface area contributed by atoms with E-state index in [-0.39, 0.29) is 12.5 Å². The Morgan fingerprint density at radius 1 is 1.11 bits per heavy atom. The number of nitrogens with one attached hydrogen (secondary N) is 2. The van der Waals surface area contributed by atoms with Gasteiger partial charge in [-0.05, 0) is 31.4 Å². The topological polar surface area (TPSA) is 87.7 Å². The van der Waals surface area contributed by atoms with Gasteiger partial charge in [0.1, 0.15) is 17.8 Å². The molecule has 0 spiro atoms. The Morgan fingerprint density at radius 3 is 2.41 bits per heavy atom. The lowest BCUT2D eigenvalue weighted by Crippen LogP contribution is -2.47. The first-order chi connectivity index (χ1) is 13.0. The highest BCUT2D eigenvalue weighted by atomic mass is 16.5. The van der Waals surface area contributed by atoms with Crippen LogP contribution in [-0.4, -0.2) is 41.4 Å². The summed E-state index contributed by atoms with van der Waals surface area (Å²) in [5.74, 6) is -0.187. The molecule has 2 rings (SSSR count). The molecule has 148 valence electrons. The predicted octanol–water partition coefficient (Wildman–Crippen LogP) is 3.30. The Bertz CT molecular complexity index is 684. The molecule has 2 N–H and O–H groups in total. The molecule has 0 saturated carbocycles. The van der Waals surface area contributed by atoms with Gasteiger partial charge in [0.25, 0.3) is 5.91 Å². The lowest BCUT2D eigenvalue weighted by atomic mass is 9.88. The zero-order valence-corrected chi connectivity index (χ0v) is 16.3. The number of hydrogen-bond donors (Lipinski definition) is 2. The van der Waals surface area contributed by atoms with Crippen LogP contribution in [0.15, 0.2) is 24.3 Å². The van der Waals surface area contributed by atoms with Crippen molar-refractivity contribution in [2.45, 2.75) is 58.4 Å². The smallest absolute Gasteiger partial charge is 0.325 e. The maximum Gasteiger partial charge on any atom is 0.325 e. The predicted molar refractivity (Wildman–Crippen MR) is 104 cm³/mol. The molecule has 27 heavy (non-hydrogen) atoms. The van der Waals surface area contributed by atoms with Gasteiger partial charge >= 0.3 is 6.03 Å². The van der Waals surface area contributed by atoms with E-state index < -0.39 is 17.5 Å². The van der Waals surface area contributed by atoms with Crippen molar-refractivity contribution in [3.05, 3.63) is 24.3 Å². The molecule has 0 radical (unpaired) electrons. The van der Waals surface area contributed by atoms with Gasteiger partial charge in [-0.2, -0.15) is 0 Å². The maximum atomic E-state index is 12.9. The Hall–Kier alpha value is -2.57. The van der Waals surface area contributed by atoms with Crippen molar-refractivity contribution in [1.29, 1.82) is 0 Å². The molecular formula is C20H29N3O4. The molecule has 4 amide bonds. The van der Waals surface area contributed by atoms with Crippen molar-refractivity contribution in [3.8, 4) is 5.75 Å². The van der Waals surface area contributed by atoms with Crippen LogP contribution in [0.25, 0.3) is 0 Å². The van der Waals surface area contributed by atoms with Crippen LogP contribution < -0.4 is 15.4 Å². The largest absolute Gasteiger partial charge is 0.491 e. The van der Waals surface area contributed by atoms with Gasteiger partial charge < -0.3 is 15.4 Å². The number of ether oxygens (including phenoxy) is 1. The number of urea groups is 1. The van der Waals surface area contributed by atoms with Crippen LogP contribution in [0.5, 0.6) is 5.75 Å². The Kier molecular flexibility index (Phi) is 7.21. The van der Waals surface area contributed by atoms with E-state index >= 15 is 0 Å². The fourth-order valence-electron chi connectivity index (χ4n) is 3.38. The van der Waals surface area contributed by atoms with Gasteiger partial charge in [0, 0.05) is 0 Å². The second-order valence-corrected chi connectivity index (χ2v) is 6.80. The normalized spacial score (nSPS) is 15.6. The van der Waals surface area contributed by atoms with Gasteiger partial charge in [-0.25, -0.2) is 4.79 Å². The van der Waals surface area contributed by atoms with Crippen LogP contribution >= 0.6 is 0 Å². The molecule has 1 heterocycles. The fourth-order valence-corrected chi connectivity index (χ4v) is 3.38. The minimum atomic E-state index is -0.886. The van der Waals surface area contributed by atoms with Crippen molar-refractivity contribution in [2.75, 3.05) is 18.5 Å². The fraction of sp³-hybridized carbons (Fsp3) is 0.550. The number of imide groups is 1. The summed E-state index contributed by atoms with van der Waals surface area (Å²) in [6, 6.07) is 6.60. The summed E-state index contributed by atoms with van der Waals surface area (Å²) >= 11 is 0. The summed E-state index contributed by atoms with van der Waals surface area (Å²) in [6.07, 6.45) is 3.53. The lowest BCUT2D eigenvalue weighted by molar-refractivity contribution is -0.134. The number of hydrogen-bond acceptors (Lipinski definition) is 4. The second kappa shape index (κ2) is 9.39. The van der Waals surface area contributed by atoms with Crippen LogP contribution in [0, 0.1) is 0 Å². The summed E-state index contributed by atoms with van der Waals surface area (Å²) in [4.78, 5) is 38.7. The van der Waals surface area contributed by atoms with Crippen molar-refractivity contribution < 1.29 is 19.1 Å². The van der Waals surface area contributed by atoms with Gasteiger partial charge in [-0.3, -0.25) is 14.5 Å². The molecule has 1 aromatic rings. The van der Waals surface area contributed by atoms with Gasteiger partial charge in [0.05, 0.1) is 12.3 Å². The first-order valence-corrected chi connectivity index (χ1v) is 9.63. The average molecular weight is 375 g/mol. The second-order valence-electron chi connectivity index (χ2n) is 6.80. The third kappa shape index (κ3) is 4.78. The number of para-hydroxylation sites is 2. The number of rotatable bonds is 10. The highest BCUT2D eigenvalue weighted by Crippen LogP contribution is 2.28. The molecular weight excluding hydrogens is 346 g/mol. The lowest BCUT2D eigenvalue weighted by Gasteiger charge is -2.25. The molecule has 0 aromatic heterocycles. The van der Waals surface area contributed by atoms with Crippen LogP contribution in [0.4, 0.5) is 10.5 Å². The average Bonchev–Trinajstić information content (AvgIpc) is 2.86. The molecule has 1 aliphatic rings. The molecule has 1 aromatic carbocycles. The number of anilines is 1. The minimum Gasteiger partial charge on any atom is -0.491 e. The Morgan fingerprint density at radius 2 is 1.78 bits per heavy atom. The quantitative estimate of drug-likeness (QED) is 0.614. The van der Waals surface area contributed by atoms with Crippen molar-refractivity contribution in [1.82, 2.24) is 10.2 Å². The van der Waals surface area contributed by atoms with Crippen LogP contribution in [-0.2, 0) is 9.59 Å². The SMILES string of the molecule is CCCOc1ccccc1NC(=O)CN1C(=O)NC(CCC)(CCC)C1=O. The molecule has 1 saturated heterocycles. The number of amides is 4. The first-order valence-electron chi connectivity index (χ1n) is 9.63. The summed E-state index contributed by atoms with van der Waals surface area (Å²) in [5.41, 5.74) is -0.361. The number of carbonyl (C=O) groups excluding carboxylic acids is 3. The van der Waals surface area contributed by atoms with E-state index in [1.807, 2.05) is 26.8 Å². The van der Waals surface area contributed by atoms with Gasteiger partial charge in [0.15, 0.2) is 0 Å². The van der Waals surface area contributed by atoms with E-state index in [1.165, 1.54) is 0 Å². The highest BCUT2D eigenvalue weighted by Gasteiger charge is 2.50. The van der Waals surface area contributed by atoms with E-state index in [1.54, 1.807) is 18.2 Å². The van der Waals surface area contributed by atoms with E-state index in [2.05, 4.69) is 10.6 Å². The molecule has 0 atom stereocenters. The molecule has 1 fully saturated rings. The molecule has 0 aliphatic carbocycles. The van der Waals surface area contributed by atoms with Crippen molar-refractivity contribution in [3.63, 3.8) is 0 Å². The number of carbonyl (C=O) groups is 3. The molecule has 0 unspecified atom stereocenters. The standard InChI is InChI=1S/C20H29N3O4/c1-4-11-20(12-5-2)18(25)23(19(26)22-20)14-17(24)21-15-9-7-8-10-16(15)27-13-6-3/h7-10H,4-6,11-14H2,1-3H3,(H,21,24)(H,22,26). The van der Waals surface area contributed by atoms with E-state index in [4.69, 9.17) is 4.74 Å². The number of benzene rings is 1. The van der Waals surface area contributed by atoms with Gasteiger partial charge in [-0.15, -0.1) is 0 Å². The third-order valence-electron chi connectivity index (χ3n) is 4.52. The maximum absolute atomic E-state index is 12.9. The summed E-state index contributed by atoms with van der Waals surface area (Å²) in [7, 11) is 0. The zero-order chi connectivity index (χ0) is 19.9. The monoisotopic (exact) mass is 375 g/mol. The Labute approximate surface area is 160 Å². The van der Waals surface area contributed by atoms with Crippen LogP contribution in [0.1, 0.15) is 52.9 Å². The molecule has 0 bridgehead atoms. The molecule has 1 aliphatic heterocycles. The summed E-state index contributed by atoms with van der Waals surface area (Å²) in [6.45, 7) is 6.16. The number of nitrogens with zero attached hydrogens (tertiary/aromatic N) is 1. The van der Waals surface area contributed by atoms with Crippen molar-refractivity contribution >= 4 is 23.5 Å². The van der Waals surface area contributed by atoms with E-state index in [0.717, 1.165) is 24.2 Å². The van der Waals surface area contributed by atoms with Crippen LogP contribution in [0.2, 0.25) is 0 Å². The minimum absolute atomic E-state index is 0.318. The zero-order valence-electron chi connectivity index (χ0n) is 16.3. The van der Waals surface area contributed by atoms with Gasteiger partial charge in [-0.1, -0.05) is 45.7 Å². The molecule has 7 heteroatoms. The van der Waals surface area contributed by atoms with Crippen molar-refractivity contribution in [2.24, 2.45) is 0 Å². The third-order valence-corrected chi connectivity index (χ3v) is 4.52. The summed E-state index contributed by atoms with van der Waals surface area (Å²) < 4.78 is 5.62. The first kappa shape index (κ1) is 20.7. The van der Waals surface area contributed by atoms with E-state index in [0.29, 0.717) is 30.9 Å². The Balaban J connectivity index is 2.08.